The minimum atomic E-state index is -0.831. The number of nitrogens with one attached hydrogen (secondary N) is 1. The lowest BCUT2D eigenvalue weighted by atomic mass is 9.82. The molecule has 168 valence electrons. The highest BCUT2D eigenvalue weighted by molar-refractivity contribution is 6.42. The fourth-order valence-corrected chi connectivity index (χ4v) is 4.20. The first-order valence-electron chi connectivity index (χ1n) is 10.9. The van der Waals surface area contributed by atoms with Crippen LogP contribution in [0.3, 0.4) is 0 Å². The predicted octanol–water partition coefficient (Wildman–Crippen LogP) is 5.35. The van der Waals surface area contributed by atoms with Crippen molar-refractivity contribution >= 4 is 40.5 Å². The zero-order valence-electron chi connectivity index (χ0n) is 17.8. The summed E-state index contributed by atoms with van der Waals surface area (Å²) in [5.74, 6) is -1.37. The standard InChI is InChI=1S/C24H29Cl2NO4/c1-27-24(29)18-11-9-16(7-3-2-5-13-30-21-8-4-6-14-31-21)22(23(18)28)17-10-12-19(25)20(26)15-17/h9-12,15,18,21H,2-8,13-14H2,1H3,(H,27,29). The van der Waals surface area contributed by atoms with Gasteiger partial charge in [0.05, 0.1) is 10.0 Å². The van der Waals surface area contributed by atoms with Crippen LogP contribution < -0.4 is 5.32 Å². The number of carbonyl (C=O) groups excluding carboxylic acids is 2. The minimum Gasteiger partial charge on any atom is -0.358 e. The fraction of sp³-hybridized carbons (Fsp3) is 0.500. The van der Waals surface area contributed by atoms with Crippen LogP contribution in [0.2, 0.25) is 10.0 Å². The minimum absolute atomic E-state index is 0.0572. The Labute approximate surface area is 193 Å². The molecule has 1 aliphatic heterocycles. The highest BCUT2D eigenvalue weighted by atomic mass is 35.5. The number of halogens is 2. The van der Waals surface area contributed by atoms with Crippen molar-refractivity contribution in [1.29, 1.82) is 0 Å². The first kappa shape index (κ1) is 24.0. The van der Waals surface area contributed by atoms with Crippen molar-refractivity contribution in [2.75, 3.05) is 20.3 Å². The summed E-state index contributed by atoms with van der Waals surface area (Å²) in [5, 5.41) is 3.37. The van der Waals surface area contributed by atoms with Gasteiger partial charge in [0.2, 0.25) is 5.91 Å². The van der Waals surface area contributed by atoms with Gasteiger partial charge in [-0.15, -0.1) is 0 Å². The lowest BCUT2D eigenvalue weighted by molar-refractivity contribution is -0.162. The van der Waals surface area contributed by atoms with Gasteiger partial charge in [-0.05, 0) is 61.8 Å². The molecule has 1 amide bonds. The van der Waals surface area contributed by atoms with Gasteiger partial charge in [0.25, 0.3) is 0 Å². The molecule has 5 nitrogen and oxygen atoms in total. The molecule has 1 fully saturated rings. The van der Waals surface area contributed by atoms with Crippen molar-refractivity contribution < 1.29 is 19.1 Å². The van der Waals surface area contributed by atoms with Crippen LogP contribution in [0.1, 0.15) is 50.5 Å². The van der Waals surface area contributed by atoms with Gasteiger partial charge < -0.3 is 14.8 Å². The highest BCUT2D eigenvalue weighted by Crippen LogP contribution is 2.34. The normalized spacial score (nSPS) is 21.5. The largest absolute Gasteiger partial charge is 0.358 e. The molecule has 1 aromatic carbocycles. The number of hydrogen-bond acceptors (Lipinski definition) is 4. The number of benzene rings is 1. The maximum absolute atomic E-state index is 13.2. The summed E-state index contributed by atoms with van der Waals surface area (Å²) in [6.45, 7) is 1.46. The van der Waals surface area contributed by atoms with Crippen LogP contribution in [-0.2, 0) is 19.1 Å². The smallest absolute Gasteiger partial charge is 0.234 e. The molecule has 0 radical (unpaired) electrons. The molecule has 3 rings (SSSR count). The molecule has 31 heavy (non-hydrogen) atoms. The van der Waals surface area contributed by atoms with Gasteiger partial charge in [-0.25, -0.2) is 0 Å². The number of ketones is 1. The third-order valence-corrected chi connectivity index (χ3v) is 6.35. The van der Waals surface area contributed by atoms with Gasteiger partial charge in [-0.3, -0.25) is 9.59 Å². The van der Waals surface area contributed by atoms with E-state index in [9.17, 15) is 9.59 Å². The van der Waals surface area contributed by atoms with Gasteiger partial charge in [0.15, 0.2) is 12.1 Å². The molecule has 1 aliphatic carbocycles. The van der Waals surface area contributed by atoms with E-state index in [1.54, 1.807) is 24.3 Å². The molecule has 0 saturated carbocycles. The summed E-state index contributed by atoms with van der Waals surface area (Å²) in [6.07, 6.45) is 10.3. The van der Waals surface area contributed by atoms with Crippen molar-refractivity contribution in [3.8, 4) is 0 Å². The van der Waals surface area contributed by atoms with Gasteiger partial charge in [-0.1, -0.05) is 47.8 Å². The lowest BCUT2D eigenvalue weighted by Crippen LogP contribution is -2.33. The fourth-order valence-electron chi connectivity index (χ4n) is 3.90. The van der Waals surface area contributed by atoms with Crippen LogP contribution >= 0.6 is 23.2 Å². The second-order valence-electron chi connectivity index (χ2n) is 7.82. The van der Waals surface area contributed by atoms with Gasteiger partial charge in [0, 0.05) is 25.8 Å². The summed E-state index contributed by atoms with van der Waals surface area (Å²) < 4.78 is 11.4. The van der Waals surface area contributed by atoms with Crippen LogP contribution in [-0.4, -0.2) is 38.2 Å². The van der Waals surface area contributed by atoms with E-state index in [-0.39, 0.29) is 18.0 Å². The Morgan fingerprint density at radius 2 is 2.03 bits per heavy atom. The summed E-state index contributed by atoms with van der Waals surface area (Å²) >= 11 is 12.2. The first-order valence-corrected chi connectivity index (χ1v) is 11.6. The number of ether oxygens (including phenoxy) is 2. The van der Waals surface area contributed by atoms with Crippen molar-refractivity contribution in [1.82, 2.24) is 5.32 Å². The second kappa shape index (κ2) is 11.8. The molecule has 0 spiro atoms. The number of Topliss-reactive ketones (excluding diaryl/α,β-unsaturated/α-hetero) is 1. The second-order valence-corrected chi connectivity index (χ2v) is 8.64. The monoisotopic (exact) mass is 465 g/mol. The Kier molecular flexibility index (Phi) is 9.15. The molecular weight excluding hydrogens is 437 g/mol. The summed E-state index contributed by atoms with van der Waals surface area (Å²) in [4.78, 5) is 25.3. The van der Waals surface area contributed by atoms with Gasteiger partial charge in [-0.2, -0.15) is 0 Å². The molecule has 2 aliphatic rings. The molecule has 0 aromatic heterocycles. The first-order chi connectivity index (χ1) is 15.0. The Balaban J connectivity index is 1.64. The topological polar surface area (TPSA) is 64.6 Å². The van der Waals surface area contributed by atoms with Crippen LogP contribution in [0, 0.1) is 5.92 Å². The zero-order chi connectivity index (χ0) is 22.2. The van der Waals surface area contributed by atoms with Crippen LogP contribution in [0.15, 0.2) is 35.9 Å². The van der Waals surface area contributed by atoms with Crippen molar-refractivity contribution in [3.63, 3.8) is 0 Å². The van der Waals surface area contributed by atoms with E-state index in [0.29, 0.717) is 27.8 Å². The van der Waals surface area contributed by atoms with Crippen molar-refractivity contribution in [2.24, 2.45) is 5.92 Å². The molecule has 7 heteroatoms. The molecule has 2 unspecified atom stereocenters. The number of amides is 1. The average Bonchev–Trinajstić information content (AvgIpc) is 2.78. The van der Waals surface area contributed by atoms with Gasteiger partial charge in [0.1, 0.15) is 5.92 Å². The number of rotatable bonds is 9. The van der Waals surface area contributed by atoms with E-state index >= 15 is 0 Å². The number of carbonyl (C=O) groups is 2. The molecule has 1 saturated heterocycles. The third kappa shape index (κ3) is 6.42. The molecule has 0 bridgehead atoms. The average molecular weight is 466 g/mol. The molecule has 1 aromatic rings. The van der Waals surface area contributed by atoms with E-state index in [2.05, 4.69) is 5.32 Å². The molecule has 2 atom stereocenters. The van der Waals surface area contributed by atoms with Gasteiger partial charge >= 0.3 is 0 Å². The number of unbranched alkanes of at least 4 members (excludes halogenated alkanes) is 2. The lowest BCUT2D eigenvalue weighted by Gasteiger charge is -2.23. The Hall–Kier alpha value is -1.66. The quantitative estimate of drug-likeness (QED) is 0.394. The molecular formula is C24H29Cl2NO4. The molecule has 1 N–H and O–H groups in total. The summed E-state index contributed by atoms with van der Waals surface area (Å²) in [6, 6.07) is 5.14. The van der Waals surface area contributed by atoms with E-state index in [1.165, 1.54) is 7.05 Å². The van der Waals surface area contributed by atoms with Crippen LogP contribution in [0.25, 0.3) is 5.57 Å². The van der Waals surface area contributed by atoms with E-state index < -0.39 is 5.92 Å². The maximum Gasteiger partial charge on any atom is 0.234 e. The van der Waals surface area contributed by atoms with Crippen LogP contribution in [0.4, 0.5) is 0 Å². The van der Waals surface area contributed by atoms with Crippen LogP contribution in [0.5, 0.6) is 0 Å². The van der Waals surface area contributed by atoms with E-state index in [0.717, 1.165) is 57.1 Å². The maximum atomic E-state index is 13.2. The Bertz CT molecular complexity index is 859. The SMILES string of the molecule is CNC(=O)C1C=CC(CCCCCOC2CCCCO2)=C(c2ccc(Cl)c(Cl)c2)C1=O. The highest BCUT2D eigenvalue weighted by Gasteiger charge is 2.31. The Morgan fingerprint density at radius 1 is 1.19 bits per heavy atom. The van der Waals surface area contributed by atoms with E-state index in [4.69, 9.17) is 32.7 Å². The molecule has 1 heterocycles. The summed E-state index contributed by atoms with van der Waals surface area (Å²) in [7, 11) is 1.53. The number of hydrogen-bond donors (Lipinski definition) is 1. The van der Waals surface area contributed by atoms with Crippen molar-refractivity contribution in [3.05, 3.63) is 51.5 Å². The van der Waals surface area contributed by atoms with Crippen molar-refractivity contribution in [2.45, 2.75) is 51.2 Å². The number of allylic oxidation sites excluding steroid dienone is 3. The third-order valence-electron chi connectivity index (χ3n) is 5.61. The van der Waals surface area contributed by atoms with E-state index in [1.807, 2.05) is 6.08 Å². The predicted molar refractivity (Wildman–Crippen MR) is 123 cm³/mol. The Morgan fingerprint density at radius 3 is 2.74 bits per heavy atom. The zero-order valence-corrected chi connectivity index (χ0v) is 19.3. The summed E-state index contributed by atoms with van der Waals surface area (Å²) in [5.41, 5.74) is 2.15.